The fraction of sp³-hybridized carbons (Fsp3) is 0.231. The summed E-state index contributed by atoms with van der Waals surface area (Å²) >= 11 is 0. The lowest BCUT2D eigenvalue weighted by molar-refractivity contribution is 0.629. The van der Waals surface area contributed by atoms with Crippen LogP contribution in [0.3, 0.4) is 0 Å². The first kappa shape index (κ1) is 9.20. The fourth-order valence-corrected chi connectivity index (χ4v) is 1.89. The van der Waals surface area contributed by atoms with Gasteiger partial charge < -0.3 is 0 Å². The van der Waals surface area contributed by atoms with Gasteiger partial charge in [0.2, 0.25) is 0 Å². The Morgan fingerprint density at radius 2 is 1.57 bits per heavy atom. The predicted molar refractivity (Wildman–Crippen MR) is 58.1 cm³/mol. The number of aryl methyl sites for hydroxylation is 3. The van der Waals surface area contributed by atoms with E-state index in [2.05, 4.69) is 19.9 Å². The van der Waals surface area contributed by atoms with Crippen molar-refractivity contribution in [2.75, 3.05) is 0 Å². The van der Waals surface area contributed by atoms with Gasteiger partial charge in [-0.2, -0.15) is 0 Å². The molecular weight excluding hydrogens is 175 g/mol. The van der Waals surface area contributed by atoms with Gasteiger partial charge in [0.25, 0.3) is 0 Å². The summed E-state index contributed by atoms with van der Waals surface area (Å²) in [5, 5.41) is 2.18. The number of hydrogen-bond acceptors (Lipinski definition) is 0. The zero-order valence-electron chi connectivity index (χ0n) is 8.69. The topological polar surface area (TPSA) is 0 Å². The van der Waals surface area contributed by atoms with Crippen molar-refractivity contribution < 1.29 is 4.39 Å². The third-order valence-corrected chi connectivity index (χ3v) is 2.83. The van der Waals surface area contributed by atoms with Crippen LogP contribution in [0.2, 0.25) is 0 Å². The van der Waals surface area contributed by atoms with Crippen LogP contribution in [0, 0.1) is 26.6 Å². The van der Waals surface area contributed by atoms with Crippen LogP contribution in [-0.2, 0) is 0 Å². The molecule has 0 aliphatic rings. The SMILES string of the molecule is Cc1cc(C)c2cc(F)ccc2c1C. The van der Waals surface area contributed by atoms with Gasteiger partial charge in [-0.15, -0.1) is 0 Å². The zero-order valence-corrected chi connectivity index (χ0v) is 8.69. The Bertz CT molecular complexity index is 498. The highest BCUT2D eigenvalue weighted by molar-refractivity contribution is 5.89. The van der Waals surface area contributed by atoms with E-state index < -0.39 is 0 Å². The minimum absolute atomic E-state index is 0.163. The zero-order chi connectivity index (χ0) is 10.3. The summed E-state index contributed by atoms with van der Waals surface area (Å²) in [6.07, 6.45) is 0. The second kappa shape index (κ2) is 3.09. The quantitative estimate of drug-likeness (QED) is 0.588. The molecule has 0 aliphatic heterocycles. The van der Waals surface area contributed by atoms with Gasteiger partial charge in [0, 0.05) is 0 Å². The number of benzene rings is 2. The van der Waals surface area contributed by atoms with Gasteiger partial charge in [-0.25, -0.2) is 4.39 Å². The minimum atomic E-state index is -0.163. The van der Waals surface area contributed by atoms with Crippen LogP contribution in [0.1, 0.15) is 16.7 Å². The van der Waals surface area contributed by atoms with E-state index >= 15 is 0 Å². The molecule has 0 bridgehead atoms. The highest BCUT2D eigenvalue weighted by Gasteiger charge is 2.04. The monoisotopic (exact) mass is 188 g/mol. The Kier molecular flexibility index (Phi) is 2.03. The van der Waals surface area contributed by atoms with Crippen molar-refractivity contribution in [1.29, 1.82) is 0 Å². The van der Waals surface area contributed by atoms with Crippen LogP contribution < -0.4 is 0 Å². The van der Waals surface area contributed by atoms with E-state index in [0.717, 1.165) is 16.3 Å². The maximum Gasteiger partial charge on any atom is 0.123 e. The summed E-state index contributed by atoms with van der Waals surface area (Å²) in [7, 11) is 0. The molecule has 14 heavy (non-hydrogen) atoms. The molecule has 0 N–H and O–H groups in total. The molecule has 0 radical (unpaired) electrons. The van der Waals surface area contributed by atoms with Crippen LogP contribution >= 0.6 is 0 Å². The van der Waals surface area contributed by atoms with Crippen molar-refractivity contribution in [3.63, 3.8) is 0 Å². The van der Waals surface area contributed by atoms with Crippen LogP contribution in [0.25, 0.3) is 10.8 Å². The van der Waals surface area contributed by atoms with Crippen molar-refractivity contribution in [3.8, 4) is 0 Å². The molecule has 0 aromatic heterocycles. The summed E-state index contributed by atoms with van der Waals surface area (Å²) in [5.74, 6) is -0.163. The van der Waals surface area contributed by atoms with E-state index in [0.29, 0.717) is 0 Å². The molecule has 0 amide bonds. The molecule has 0 spiro atoms. The fourth-order valence-electron chi connectivity index (χ4n) is 1.89. The summed E-state index contributed by atoms with van der Waals surface area (Å²) in [6.45, 7) is 6.19. The predicted octanol–water partition coefficient (Wildman–Crippen LogP) is 3.90. The lowest BCUT2D eigenvalue weighted by Gasteiger charge is -2.08. The number of hydrogen-bond donors (Lipinski definition) is 0. The van der Waals surface area contributed by atoms with Crippen molar-refractivity contribution in [2.45, 2.75) is 20.8 Å². The van der Waals surface area contributed by atoms with Crippen molar-refractivity contribution >= 4 is 10.8 Å². The van der Waals surface area contributed by atoms with Gasteiger partial charge in [-0.05, 0) is 60.4 Å². The van der Waals surface area contributed by atoms with Crippen LogP contribution in [0.15, 0.2) is 24.3 Å². The number of halogens is 1. The molecule has 0 nitrogen and oxygen atoms in total. The Balaban J connectivity index is 2.94. The summed E-state index contributed by atoms with van der Waals surface area (Å²) in [6, 6.07) is 7.10. The summed E-state index contributed by atoms with van der Waals surface area (Å²) < 4.78 is 13.0. The maximum absolute atomic E-state index is 13.0. The third-order valence-electron chi connectivity index (χ3n) is 2.83. The average Bonchev–Trinajstić information content (AvgIpc) is 2.14. The molecule has 0 heterocycles. The van der Waals surface area contributed by atoms with Gasteiger partial charge in [-0.3, -0.25) is 0 Å². The summed E-state index contributed by atoms with van der Waals surface area (Å²) in [4.78, 5) is 0. The third kappa shape index (κ3) is 1.29. The van der Waals surface area contributed by atoms with E-state index in [1.54, 1.807) is 6.07 Å². The molecule has 2 aromatic rings. The van der Waals surface area contributed by atoms with Crippen molar-refractivity contribution in [1.82, 2.24) is 0 Å². The molecule has 0 aliphatic carbocycles. The molecule has 0 atom stereocenters. The Morgan fingerprint density at radius 1 is 0.857 bits per heavy atom. The van der Waals surface area contributed by atoms with Gasteiger partial charge in [0.1, 0.15) is 5.82 Å². The first-order valence-electron chi connectivity index (χ1n) is 4.75. The highest BCUT2D eigenvalue weighted by atomic mass is 19.1. The van der Waals surface area contributed by atoms with Gasteiger partial charge >= 0.3 is 0 Å². The minimum Gasteiger partial charge on any atom is -0.207 e. The Hall–Kier alpha value is -1.37. The van der Waals surface area contributed by atoms with E-state index in [-0.39, 0.29) is 5.82 Å². The largest absolute Gasteiger partial charge is 0.207 e. The first-order chi connectivity index (χ1) is 6.59. The average molecular weight is 188 g/mol. The summed E-state index contributed by atoms with van der Waals surface area (Å²) in [5.41, 5.74) is 3.65. The standard InChI is InChI=1S/C13H13F/c1-8-6-9(2)13-7-11(14)4-5-12(13)10(8)3/h4-7H,1-3H3. The second-order valence-electron chi connectivity index (χ2n) is 3.83. The lowest BCUT2D eigenvalue weighted by Crippen LogP contribution is -1.88. The van der Waals surface area contributed by atoms with Gasteiger partial charge in [0.15, 0.2) is 0 Å². The van der Waals surface area contributed by atoms with Crippen molar-refractivity contribution in [2.24, 2.45) is 0 Å². The van der Waals surface area contributed by atoms with E-state index in [9.17, 15) is 4.39 Å². The molecule has 2 rings (SSSR count). The van der Waals surface area contributed by atoms with Gasteiger partial charge in [-0.1, -0.05) is 12.1 Å². The van der Waals surface area contributed by atoms with E-state index in [4.69, 9.17) is 0 Å². The smallest absolute Gasteiger partial charge is 0.123 e. The molecule has 1 heteroatoms. The molecule has 0 unspecified atom stereocenters. The molecule has 0 saturated heterocycles. The molecule has 2 aromatic carbocycles. The van der Waals surface area contributed by atoms with Crippen LogP contribution in [0.5, 0.6) is 0 Å². The van der Waals surface area contributed by atoms with Gasteiger partial charge in [0.05, 0.1) is 0 Å². The highest BCUT2D eigenvalue weighted by Crippen LogP contribution is 2.25. The maximum atomic E-state index is 13.0. The van der Waals surface area contributed by atoms with E-state index in [1.807, 2.05) is 13.0 Å². The molecule has 0 fully saturated rings. The van der Waals surface area contributed by atoms with E-state index in [1.165, 1.54) is 17.2 Å². The Morgan fingerprint density at radius 3 is 2.29 bits per heavy atom. The molecular formula is C13H13F. The number of rotatable bonds is 0. The molecule has 72 valence electrons. The Labute approximate surface area is 83.4 Å². The van der Waals surface area contributed by atoms with Crippen molar-refractivity contribution in [3.05, 3.63) is 46.8 Å². The van der Waals surface area contributed by atoms with Crippen LogP contribution in [0.4, 0.5) is 4.39 Å². The normalized spacial score (nSPS) is 10.9. The second-order valence-corrected chi connectivity index (χ2v) is 3.83. The first-order valence-corrected chi connectivity index (χ1v) is 4.75. The van der Waals surface area contributed by atoms with Crippen LogP contribution in [-0.4, -0.2) is 0 Å². The number of fused-ring (bicyclic) bond motifs is 1. The molecule has 0 saturated carbocycles. The lowest BCUT2D eigenvalue weighted by atomic mass is 9.97.